The molecule has 0 saturated carbocycles. The number of fused-ring (bicyclic) bond motifs is 1. The van der Waals surface area contributed by atoms with Crippen LogP contribution in [0.5, 0.6) is 0 Å². The molecule has 0 radical (unpaired) electrons. The Morgan fingerprint density at radius 2 is 1.74 bits per heavy atom. The van der Waals surface area contributed by atoms with Crippen LogP contribution in [0.1, 0.15) is 40.8 Å². The van der Waals surface area contributed by atoms with E-state index in [0.717, 1.165) is 22.6 Å². The maximum Gasteiger partial charge on any atom is 0.358 e. The number of hydrogen-bond donors (Lipinski definition) is 1. The maximum atomic E-state index is 11.8. The van der Waals surface area contributed by atoms with E-state index in [1.807, 2.05) is 41.7 Å². The van der Waals surface area contributed by atoms with E-state index in [9.17, 15) is 9.90 Å². The van der Waals surface area contributed by atoms with Crippen LogP contribution >= 0.6 is 23.5 Å². The Bertz CT molecular complexity index is 1090. The van der Waals surface area contributed by atoms with Crippen LogP contribution in [0, 0.1) is 6.92 Å². The molecule has 1 heterocycles. The highest BCUT2D eigenvalue weighted by molar-refractivity contribution is 8.16. The normalized spacial score (nSPS) is 12.0. The van der Waals surface area contributed by atoms with Crippen LogP contribution in [0.2, 0.25) is 0 Å². The minimum absolute atomic E-state index is 0.0895. The molecule has 7 heteroatoms. The van der Waals surface area contributed by atoms with Crippen molar-refractivity contribution in [2.45, 2.75) is 31.9 Å². The number of carboxylic acids is 1. The van der Waals surface area contributed by atoms with Crippen LogP contribution in [-0.4, -0.2) is 40.0 Å². The second-order valence-corrected chi connectivity index (χ2v) is 9.99. The number of oxime groups is 1. The summed E-state index contributed by atoms with van der Waals surface area (Å²) in [5.74, 6) is 0.993. The van der Waals surface area contributed by atoms with Gasteiger partial charge < -0.3 is 14.5 Å². The van der Waals surface area contributed by atoms with Gasteiger partial charge in [0.1, 0.15) is 7.11 Å². The van der Waals surface area contributed by atoms with E-state index in [1.54, 1.807) is 6.07 Å². The lowest BCUT2D eigenvalue weighted by molar-refractivity contribution is -0.129. The molecule has 0 aliphatic rings. The fourth-order valence-corrected chi connectivity index (χ4v) is 6.57. The molecular formula is C24H28N2O3S2. The number of carbonyl (C=O) groups is 1. The van der Waals surface area contributed by atoms with E-state index in [4.69, 9.17) is 4.84 Å². The van der Waals surface area contributed by atoms with Crippen LogP contribution in [-0.2, 0) is 16.2 Å². The number of aliphatic carboxylic acids is 1. The van der Waals surface area contributed by atoms with Crippen LogP contribution in [0.4, 0.5) is 0 Å². The van der Waals surface area contributed by atoms with Crippen LogP contribution in [0.25, 0.3) is 10.9 Å². The fraction of sp³-hybridized carbons (Fsp3) is 0.333. The summed E-state index contributed by atoms with van der Waals surface area (Å²) >= 11 is 3.92. The SMILES string of the molecule is CCSC(SCC)c1c(C)n(Cc2ccccc2C(=NOC)C(=O)O)c2ccccc12. The molecule has 0 aliphatic carbocycles. The number of hydrogen-bond acceptors (Lipinski definition) is 5. The summed E-state index contributed by atoms with van der Waals surface area (Å²) in [4.78, 5) is 16.6. The molecule has 3 aromatic rings. The van der Waals surface area contributed by atoms with Gasteiger partial charge in [-0.1, -0.05) is 61.5 Å². The lowest BCUT2D eigenvalue weighted by Gasteiger charge is -2.17. The topological polar surface area (TPSA) is 63.8 Å². The summed E-state index contributed by atoms with van der Waals surface area (Å²) in [6.07, 6.45) is 0. The summed E-state index contributed by atoms with van der Waals surface area (Å²) < 4.78 is 2.65. The van der Waals surface area contributed by atoms with E-state index >= 15 is 0 Å². The van der Waals surface area contributed by atoms with Gasteiger partial charge in [-0.25, -0.2) is 4.79 Å². The molecule has 3 rings (SSSR count). The molecule has 0 bridgehead atoms. The van der Waals surface area contributed by atoms with Gasteiger partial charge in [0, 0.05) is 34.3 Å². The van der Waals surface area contributed by atoms with Crippen LogP contribution in [0.15, 0.2) is 53.7 Å². The molecule has 2 aromatic carbocycles. The highest BCUT2D eigenvalue weighted by atomic mass is 32.2. The molecule has 1 N–H and O–H groups in total. The molecule has 31 heavy (non-hydrogen) atoms. The van der Waals surface area contributed by atoms with E-state index in [2.05, 4.69) is 54.8 Å². The van der Waals surface area contributed by atoms with E-state index in [-0.39, 0.29) is 5.71 Å². The third-order valence-corrected chi connectivity index (χ3v) is 7.70. The Labute approximate surface area is 191 Å². The highest BCUT2D eigenvalue weighted by Crippen LogP contribution is 2.45. The minimum atomic E-state index is -1.11. The molecule has 0 unspecified atom stereocenters. The lowest BCUT2D eigenvalue weighted by Crippen LogP contribution is -2.18. The first kappa shape index (κ1) is 23.3. The van der Waals surface area contributed by atoms with Gasteiger partial charge in [0.05, 0.1) is 4.58 Å². The Hall–Kier alpha value is -2.38. The van der Waals surface area contributed by atoms with Crippen molar-refractivity contribution in [1.29, 1.82) is 0 Å². The summed E-state index contributed by atoms with van der Waals surface area (Å²) in [7, 11) is 1.36. The number of thioether (sulfide) groups is 2. The van der Waals surface area contributed by atoms with Crippen LogP contribution in [0.3, 0.4) is 0 Å². The average molecular weight is 457 g/mol. The Balaban J connectivity index is 2.15. The standard InChI is InChI=1S/C24H28N2O3S2/c1-5-30-24(31-6-2)21-16(3)26(20-14-10-9-13-19(20)21)15-17-11-7-8-12-18(17)22(23(27)28)25-29-4/h7-14,24H,5-6,15H2,1-4H3,(H,27,28). The molecule has 0 atom stereocenters. The number of para-hydroxylation sites is 1. The summed E-state index contributed by atoms with van der Waals surface area (Å²) in [6, 6.07) is 16.0. The zero-order chi connectivity index (χ0) is 22.4. The van der Waals surface area contributed by atoms with Crippen molar-refractivity contribution in [2.75, 3.05) is 18.6 Å². The zero-order valence-corrected chi connectivity index (χ0v) is 19.9. The number of benzene rings is 2. The predicted molar refractivity (Wildman–Crippen MR) is 132 cm³/mol. The Morgan fingerprint density at radius 3 is 2.39 bits per heavy atom. The maximum absolute atomic E-state index is 11.8. The van der Waals surface area contributed by atoms with Crippen molar-refractivity contribution in [3.63, 3.8) is 0 Å². The van der Waals surface area contributed by atoms with Crippen LogP contribution < -0.4 is 0 Å². The molecule has 164 valence electrons. The second-order valence-electron chi connectivity index (χ2n) is 6.93. The van der Waals surface area contributed by atoms with Crippen molar-refractivity contribution >= 4 is 46.1 Å². The second kappa shape index (κ2) is 10.8. The van der Waals surface area contributed by atoms with Gasteiger partial charge in [-0.3, -0.25) is 0 Å². The van der Waals surface area contributed by atoms with E-state index in [1.165, 1.54) is 23.8 Å². The summed E-state index contributed by atoms with van der Waals surface area (Å²) in [5, 5.41) is 14.7. The first-order valence-electron chi connectivity index (χ1n) is 10.3. The summed E-state index contributed by atoms with van der Waals surface area (Å²) in [5.41, 5.74) is 5.09. The molecule has 5 nitrogen and oxygen atoms in total. The quantitative estimate of drug-likeness (QED) is 0.232. The third kappa shape index (κ3) is 4.93. The van der Waals surface area contributed by atoms with Crippen molar-refractivity contribution in [1.82, 2.24) is 4.57 Å². The average Bonchev–Trinajstić information content (AvgIpc) is 3.04. The van der Waals surface area contributed by atoms with Gasteiger partial charge in [-0.2, -0.15) is 0 Å². The van der Waals surface area contributed by atoms with Gasteiger partial charge in [-0.15, -0.1) is 23.5 Å². The molecular weight excluding hydrogens is 428 g/mol. The monoisotopic (exact) mass is 456 g/mol. The van der Waals surface area contributed by atoms with Crippen molar-refractivity contribution in [3.05, 3.63) is 70.9 Å². The van der Waals surface area contributed by atoms with Gasteiger partial charge in [0.2, 0.25) is 0 Å². The van der Waals surface area contributed by atoms with Crippen molar-refractivity contribution in [3.8, 4) is 0 Å². The minimum Gasteiger partial charge on any atom is -0.476 e. The third-order valence-electron chi connectivity index (χ3n) is 5.14. The Morgan fingerprint density at radius 1 is 1.10 bits per heavy atom. The van der Waals surface area contributed by atoms with E-state index < -0.39 is 5.97 Å². The number of nitrogens with zero attached hydrogens (tertiary/aromatic N) is 2. The number of rotatable bonds is 10. The van der Waals surface area contributed by atoms with E-state index in [0.29, 0.717) is 16.7 Å². The van der Waals surface area contributed by atoms with Crippen molar-refractivity contribution < 1.29 is 14.7 Å². The molecule has 0 saturated heterocycles. The molecule has 0 spiro atoms. The number of aromatic nitrogens is 1. The molecule has 0 amide bonds. The van der Waals surface area contributed by atoms with Gasteiger partial charge in [-0.05, 0) is 30.1 Å². The molecule has 0 aliphatic heterocycles. The largest absolute Gasteiger partial charge is 0.476 e. The molecule has 0 fully saturated rings. The summed E-state index contributed by atoms with van der Waals surface area (Å²) in [6.45, 7) is 7.11. The fourth-order valence-electron chi connectivity index (χ4n) is 3.83. The molecule has 1 aromatic heterocycles. The predicted octanol–water partition coefficient (Wildman–Crippen LogP) is 5.94. The van der Waals surface area contributed by atoms with Gasteiger partial charge in [0.15, 0.2) is 5.71 Å². The first-order valence-corrected chi connectivity index (χ1v) is 12.4. The smallest absolute Gasteiger partial charge is 0.358 e. The Kier molecular flexibility index (Phi) is 8.09. The number of carboxylic acid groups (broad SMARTS) is 1. The lowest BCUT2D eigenvalue weighted by atomic mass is 10.0. The zero-order valence-electron chi connectivity index (χ0n) is 18.3. The first-order chi connectivity index (χ1) is 15.0. The van der Waals surface area contributed by atoms with Gasteiger partial charge >= 0.3 is 5.97 Å². The van der Waals surface area contributed by atoms with Crippen molar-refractivity contribution in [2.24, 2.45) is 5.16 Å². The van der Waals surface area contributed by atoms with Gasteiger partial charge in [0.25, 0.3) is 0 Å². The highest BCUT2D eigenvalue weighted by Gasteiger charge is 2.23.